The third kappa shape index (κ3) is 6.55. The van der Waals surface area contributed by atoms with Gasteiger partial charge in [0.15, 0.2) is 5.96 Å². The van der Waals surface area contributed by atoms with E-state index >= 15 is 0 Å². The minimum Gasteiger partial charge on any atom is -0.356 e. The lowest BCUT2D eigenvalue weighted by Crippen LogP contribution is -2.43. The Bertz CT molecular complexity index is 953. The molecule has 1 heterocycles. The van der Waals surface area contributed by atoms with Gasteiger partial charge in [-0.05, 0) is 23.3 Å². The standard InChI is InChI=1S/C23H28FN5.HI/c1-23(2,19-10-7-11-20(24)14-19)17-28-22(25-3)27-15-21-26-12-13-29(21)16-18-8-5-4-6-9-18;/h4-14H,15-17H2,1-3H3,(H2,25,27,28);1H. The summed E-state index contributed by atoms with van der Waals surface area (Å²) in [5.41, 5.74) is 1.93. The molecule has 0 bridgehead atoms. The van der Waals surface area contributed by atoms with E-state index < -0.39 is 0 Å². The first-order chi connectivity index (χ1) is 14.0. The minimum absolute atomic E-state index is 0. The number of hydrogen-bond donors (Lipinski definition) is 2. The molecule has 2 N–H and O–H groups in total. The van der Waals surface area contributed by atoms with Crippen LogP contribution in [0.2, 0.25) is 0 Å². The van der Waals surface area contributed by atoms with Crippen molar-refractivity contribution in [2.45, 2.75) is 32.4 Å². The predicted molar refractivity (Wildman–Crippen MR) is 131 cm³/mol. The number of nitrogens with zero attached hydrogens (tertiary/aromatic N) is 3. The number of hydrogen-bond acceptors (Lipinski definition) is 2. The van der Waals surface area contributed by atoms with E-state index in [1.165, 1.54) is 11.6 Å². The number of nitrogens with one attached hydrogen (secondary N) is 2. The van der Waals surface area contributed by atoms with Crippen LogP contribution in [0.25, 0.3) is 0 Å². The topological polar surface area (TPSA) is 54.2 Å². The van der Waals surface area contributed by atoms with Crippen molar-refractivity contribution in [2.24, 2.45) is 4.99 Å². The third-order valence-corrected chi connectivity index (χ3v) is 4.94. The largest absolute Gasteiger partial charge is 0.356 e. The molecule has 1 aromatic heterocycles. The lowest BCUT2D eigenvalue weighted by Gasteiger charge is -2.26. The number of rotatable bonds is 7. The van der Waals surface area contributed by atoms with Crippen molar-refractivity contribution < 1.29 is 4.39 Å². The van der Waals surface area contributed by atoms with Crippen LogP contribution in [0.3, 0.4) is 0 Å². The second kappa shape index (κ2) is 11.1. The highest BCUT2D eigenvalue weighted by molar-refractivity contribution is 14.0. The molecule has 30 heavy (non-hydrogen) atoms. The molecule has 0 amide bonds. The molecule has 0 saturated carbocycles. The highest BCUT2D eigenvalue weighted by Gasteiger charge is 2.21. The summed E-state index contributed by atoms with van der Waals surface area (Å²) in [7, 11) is 1.74. The number of aliphatic imine (C=N–C) groups is 1. The summed E-state index contributed by atoms with van der Waals surface area (Å²) in [5, 5.41) is 6.65. The Kier molecular flexibility index (Phi) is 8.83. The zero-order chi connectivity index (χ0) is 20.7. The van der Waals surface area contributed by atoms with Crippen LogP contribution in [0.15, 0.2) is 72.0 Å². The molecular weight excluding hydrogens is 492 g/mol. The maximum Gasteiger partial charge on any atom is 0.191 e. The van der Waals surface area contributed by atoms with Gasteiger partial charge < -0.3 is 15.2 Å². The van der Waals surface area contributed by atoms with Crippen molar-refractivity contribution in [3.8, 4) is 0 Å². The molecule has 0 saturated heterocycles. The lowest BCUT2D eigenvalue weighted by atomic mass is 9.84. The van der Waals surface area contributed by atoms with Gasteiger partial charge in [-0.15, -0.1) is 24.0 Å². The molecule has 0 atom stereocenters. The van der Waals surface area contributed by atoms with E-state index in [0.717, 1.165) is 17.9 Å². The molecule has 3 rings (SSSR count). The summed E-state index contributed by atoms with van der Waals surface area (Å²) in [5.74, 6) is 1.40. The maximum atomic E-state index is 13.6. The van der Waals surface area contributed by atoms with Crippen LogP contribution in [0.4, 0.5) is 4.39 Å². The van der Waals surface area contributed by atoms with Crippen LogP contribution in [0, 0.1) is 5.82 Å². The van der Waals surface area contributed by atoms with E-state index in [1.807, 2.05) is 36.7 Å². The normalized spacial score (nSPS) is 11.7. The van der Waals surface area contributed by atoms with Gasteiger partial charge in [0.25, 0.3) is 0 Å². The van der Waals surface area contributed by atoms with Crippen LogP contribution in [0.5, 0.6) is 0 Å². The summed E-state index contributed by atoms with van der Waals surface area (Å²) in [6.45, 7) is 6.11. The average molecular weight is 521 g/mol. The van der Waals surface area contributed by atoms with Crippen LogP contribution in [-0.2, 0) is 18.5 Å². The second-order valence-electron chi connectivity index (χ2n) is 7.63. The highest BCUT2D eigenvalue weighted by Crippen LogP contribution is 2.22. The van der Waals surface area contributed by atoms with E-state index in [-0.39, 0.29) is 35.2 Å². The SMILES string of the molecule is CN=C(NCc1nccn1Cc1ccccc1)NCC(C)(C)c1cccc(F)c1.I. The zero-order valence-corrected chi connectivity index (χ0v) is 19.9. The van der Waals surface area contributed by atoms with Gasteiger partial charge in [0.05, 0.1) is 6.54 Å². The Morgan fingerprint density at radius 2 is 1.87 bits per heavy atom. The Morgan fingerprint density at radius 3 is 2.57 bits per heavy atom. The molecule has 0 aliphatic carbocycles. The molecule has 5 nitrogen and oxygen atoms in total. The summed E-state index contributed by atoms with van der Waals surface area (Å²) in [4.78, 5) is 8.76. The molecule has 0 unspecified atom stereocenters. The molecule has 0 fully saturated rings. The molecular formula is C23H29FIN5. The summed E-state index contributed by atoms with van der Waals surface area (Å²) in [6, 6.07) is 17.0. The zero-order valence-electron chi connectivity index (χ0n) is 17.6. The number of guanidine groups is 1. The first kappa shape index (κ1) is 23.9. The van der Waals surface area contributed by atoms with Gasteiger partial charge in [0, 0.05) is 37.9 Å². The quantitative estimate of drug-likeness (QED) is 0.277. The molecule has 7 heteroatoms. The number of halogens is 2. The van der Waals surface area contributed by atoms with Crippen molar-refractivity contribution >= 4 is 29.9 Å². The summed E-state index contributed by atoms with van der Waals surface area (Å²) >= 11 is 0. The van der Waals surface area contributed by atoms with Gasteiger partial charge in [-0.3, -0.25) is 4.99 Å². The van der Waals surface area contributed by atoms with E-state index in [2.05, 4.69) is 51.2 Å². The first-order valence-corrected chi connectivity index (χ1v) is 9.72. The summed E-state index contributed by atoms with van der Waals surface area (Å²) < 4.78 is 15.7. The maximum absolute atomic E-state index is 13.6. The van der Waals surface area contributed by atoms with Crippen molar-refractivity contribution in [1.29, 1.82) is 0 Å². The average Bonchev–Trinajstić information content (AvgIpc) is 3.16. The van der Waals surface area contributed by atoms with Crippen molar-refractivity contribution in [2.75, 3.05) is 13.6 Å². The molecule has 0 spiro atoms. The molecule has 3 aromatic rings. The molecule has 0 aliphatic rings. The third-order valence-electron chi connectivity index (χ3n) is 4.94. The van der Waals surface area contributed by atoms with Crippen molar-refractivity contribution in [3.05, 3.63) is 89.8 Å². The van der Waals surface area contributed by atoms with Gasteiger partial charge >= 0.3 is 0 Å². The molecule has 2 aromatic carbocycles. The molecule has 0 radical (unpaired) electrons. The Labute approximate surface area is 194 Å². The smallest absolute Gasteiger partial charge is 0.191 e. The minimum atomic E-state index is -0.245. The Hall–Kier alpha value is -2.42. The fourth-order valence-electron chi connectivity index (χ4n) is 3.13. The van der Waals surface area contributed by atoms with Gasteiger partial charge in [0.1, 0.15) is 11.6 Å². The van der Waals surface area contributed by atoms with Gasteiger partial charge in [0.2, 0.25) is 0 Å². The monoisotopic (exact) mass is 521 g/mol. The van der Waals surface area contributed by atoms with E-state index in [0.29, 0.717) is 19.0 Å². The fraction of sp³-hybridized carbons (Fsp3) is 0.304. The van der Waals surface area contributed by atoms with Crippen LogP contribution < -0.4 is 10.6 Å². The van der Waals surface area contributed by atoms with Gasteiger partial charge in [-0.25, -0.2) is 9.37 Å². The van der Waals surface area contributed by atoms with Gasteiger partial charge in [-0.1, -0.05) is 56.3 Å². The van der Waals surface area contributed by atoms with Crippen LogP contribution in [-0.4, -0.2) is 29.1 Å². The molecule has 160 valence electrons. The molecule has 0 aliphatic heterocycles. The fourth-order valence-corrected chi connectivity index (χ4v) is 3.13. The Balaban J connectivity index is 0.00000320. The Morgan fingerprint density at radius 1 is 1.10 bits per heavy atom. The van der Waals surface area contributed by atoms with Crippen LogP contribution in [0.1, 0.15) is 30.8 Å². The second-order valence-corrected chi connectivity index (χ2v) is 7.63. The lowest BCUT2D eigenvalue weighted by molar-refractivity contribution is 0.502. The van der Waals surface area contributed by atoms with Crippen LogP contribution >= 0.6 is 24.0 Å². The van der Waals surface area contributed by atoms with Gasteiger partial charge in [-0.2, -0.15) is 0 Å². The highest BCUT2D eigenvalue weighted by atomic mass is 127. The van der Waals surface area contributed by atoms with E-state index in [1.54, 1.807) is 19.2 Å². The number of aromatic nitrogens is 2. The summed E-state index contributed by atoms with van der Waals surface area (Å²) in [6.07, 6.45) is 3.79. The van der Waals surface area contributed by atoms with Crippen molar-refractivity contribution in [1.82, 2.24) is 20.2 Å². The van der Waals surface area contributed by atoms with E-state index in [9.17, 15) is 4.39 Å². The number of imidazole rings is 1. The number of benzene rings is 2. The predicted octanol–water partition coefficient (Wildman–Crippen LogP) is 4.33. The van der Waals surface area contributed by atoms with E-state index in [4.69, 9.17) is 0 Å². The van der Waals surface area contributed by atoms with Crippen molar-refractivity contribution in [3.63, 3.8) is 0 Å². The first-order valence-electron chi connectivity index (χ1n) is 9.72.